The summed E-state index contributed by atoms with van der Waals surface area (Å²) in [7, 11) is 0. The van der Waals surface area contributed by atoms with Gasteiger partial charge in [0.25, 0.3) is 0 Å². The molecule has 3 atom stereocenters. The zero-order valence-corrected chi connectivity index (χ0v) is 12.8. The molecule has 0 saturated heterocycles. The Hall–Kier alpha value is -0.600. The van der Waals surface area contributed by atoms with E-state index in [1.165, 1.54) is 31.7 Å². The Bertz CT molecular complexity index is 470. The number of halogens is 2. The first-order valence-electron chi connectivity index (χ1n) is 7.78. The van der Waals surface area contributed by atoms with Crippen LogP contribution < -0.4 is 5.32 Å². The van der Waals surface area contributed by atoms with Gasteiger partial charge in [-0.05, 0) is 61.6 Å². The molecular formula is C17H23ClFN. The maximum absolute atomic E-state index is 14.1. The third-order valence-electron chi connectivity index (χ3n) is 5.42. The molecule has 2 fully saturated rings. The quantitative estimate of drug-likeness (QED) is 0.847. The van der Waals surface area contributed by atoms with E-state index in [-0.39, 0.29) is 11.2 Å². The van der Waals surface area contributed by atoms with Gasteiger partial charge >= 0.3 is 0 Å². The highest BCUT2D eigenvalue weighted by molar-refractivity contribution is 6.31. The van der Waals surface area contributed by atoms with Gasteiger partial charge in [-0.1, -0.05) is 31.0 Å². The summed E-state index contributed by atoms with van der Waals surface area (Å²) in [5.41, 5.74) is 0.935. The van der Waals surface area contributed by atoms with E-state index in [1.54, 1.807) is 6.07 Å². The Morgan fingerprint density at radius 2 is 2.25 bits per heavy atom. The maximum Gasteiger partial charge on any atom is 0.127 e. The van der Waals surface area contributed by atoms with Crippen LogP contribution in [0.1, 0.15) is 38.2 Å². The Labute approximate surface area is 125 Å². The van der Waals surface area contributed by atoms with Crippen LogP contribution >= 0.6 is 11.6 Å². The van der Waals surface area contributed by atoms with Gasteiger partial charge in [0.05, 0.1) is 0 Å². The molecule has 3 heteroatoms. The lowest BCUT2D eigenvalue weighted by Gasteiger charge is -2.38. The zero-order valence-electron chi connectivity index (χ0n) is 12.1. The maximum atomic E-state index is 14.1. The number of hydrogen-bond acceptors (Lipinski definition) is 1. The van der Waals surface area contributed by atoms with Crippen LogP contribution in [0.15, 0.2) is 18.2 Å². The lowest BCUT2D eigenvalue weighted by atomic mass is 9.69. The van der Waals surface area contributed by atoms with Crippen LogP contribution in [0.3, 0.4) is 0 Å². The number of rotatable bonds is 5. The highest BCUT2D eigenvalue weighted by Gasteiger charge is 2.50. The molecule has 1 aromatic carbocycles. The molecule has 0 aromatic heterocycles. The molecule has 2 saturated carbocycles. The molecule has 0 aliphatic heterocycles. The van der Waals surface area contributed by atoms with Crippen molar-refractivity contribution in [3.05, 3.63) is 34.6 Å². The summed E-state index contributed by atoms with van der Waals surface area (Å²) < 4.78 is 14.1. The van der Waals surface area contributed by atoms with Crippen molar-refractivity contribution in [3.8, 4) is 0 Å². The van der Waals surface area contributed by atoms with Gasteiger partial charge in [0.1, 0.15) is 5.82 Å². The molecule has 2 aliphatic rings. The summed E-state index contributed by atoms with van der Waals surface area (Å²) in [6.07, 6.45) is 6.02. The van der Waals surface area contributed by atoms with Crippen molar-refractivity contribution in [1.29, 1.82) is 0 Å². The molecule has 1 N–H and O–H groups in total. The van der Waals surface area contributed by atoms with Gasteiger partial charge in [-0.25, -0.2) is 4.39 Å². The van der Waals surface area contributed by atoms with Crippen molar-refractivity contribution in [2.75, 3.05) is 13.1 Å². The molecular weight excluding hydrogens is 273 g/mol. The van der Waals surface area contributed by atoms with Crippen LogP contribution in [0, 0.1) is 23.1 Å². The summed E-state index contributed by atoms with van der Waals surface area (Å²) >= 11 is 6.25. The molecule has 110 valence electrons. The molecule has 1 nitrogen and oxygen atoms in total. The fraction of sp³-hybridized carbons (Fsp3) is 0.647. The fourth-order valence-electron chi connectivity index (χ4n) is 4.48. The molecule has 3 unspecified atom stereocenters. The van der Waals surface area contributed by atoms with Crippen LogP contribution in [0.2, 0.25) is 5.02 Å². The van der Waals surface area contributed by atoms with E-state index in [0.29, 0.717) is 5.02 Å². The van der Waals surface area contributed by atoms with E-state index in [4.69, 9.17) is 11.6 Å². The Morgan fingerprint density at radius 1 is 1.40 bits per heavy atom. The van der Waals surface area contributed by atoms with E-state index in [1.807, 2.05) is 6.07 Å². The van der Waals surface area contributed by atoms with Gasteiger partial charge in [0.2, 0.25) is 0 Å². The molecule has 0 spiro atoms. The first kappa shape index (κ1) is 14.3. The molecule has 0 heterocycles. The Balaban J connectivity index is 1.87. The first-order chi connectivity index (χ1) is 9.64. The van der Waals surface area contributed by atoms with Crippen LogP contribution in [0.5, 0.6) is 0 Å². The number of nitrogens with one attached hydrogen (secondary N) is 1. The largest absolute Gasteiger partial charge is 0.316 e. The molecule has 0 amide bonds. The molecule has 1 aromatic rings. The van der Waals surface area contributed by atoms with E-state index in [0.717, 1.165) is 36.9 Å². The molecule has 2 bridgehead atoms. The average Bonchev–Trinajstić information content (AvgIpc) is 3.02. The smallest absolute Gasteiger partial charge is 0.127 e. The van der Waals surface area contributed by atoms with Crippen LogP contribution in [0.25, 0.3) is 0 Å². The lowest BCUT2D eigenvalue weighted by molar-refractivity contribution is 0.156. The molecule has 0 radical (unpaired) electrons. The van der Waals surface area contributed by atoms with Crippen LogP contribution in [-0.2, 0) is 6.42 Å². The minimum Gasteiger partial charge on any atom is -0.316 e. The van der Waals surface area contributed by atoms with Crippen molar-refractivity contribution in [2.24, 2.45) is 17.3 Å². The summed E-state index contributed by atoms with van der Waals surface area (Å²) in [6, 6.07) is 5.04. The SMILES string of the molecule is CCNCC1(Cc2c(F)cccc2Cl)CC2CCC1C2. The van der Waals surface area contributed by atoms with Gasteiger partial charge in [0.15, 0.2) is 0 Å². The van der Waals surface area contributed by atoms with E-state index in [9.17, 15) is 4.39 Å². The van der Waals surface area contributed by atoms with Gasteiger partial charge < -0.3 is 5.32 Å². The van der Waals surface area contributed by atoms with Gasteiger partial charge in [-0.15, -0.1) is 0 Å². The Kier molecular flexibility index (Phi) is 4.05. The number of fused-ring (bicyclic) bond motifs is 2. The summed E-state index contributed by atoms with van der Waals surface area (Å²) in [5.74, 6) is 1.45. The van der Waals surface area contributed by atoms with Crippen LogP contribution in [0.4, 0.5) is 4.39 Å². The fourth-order valence-corrected chi connectivity index (χ4v) is 4.71. The number of benzene rings is 1. The average molecular weight is 296 g/mol. The second-order valence-corrected chi connectivity index (χ2v) is 7.01. The van der Waals surface area contributed by atoms with Gasteiger partial charge in [-0.3, -0.25) is 0 Å². The predicted molar refractivity (Wildman–Crippen MR) is 81.5 cm³/mol. The monoisotopic (exact) mass is 295 g/mol. The van der Waals surface area contributed by atoms with Crippen molar-refractivity contribution in [2.45, 2.75) is 39.0 Å². The van der Waals surface area contributed by atoms with Gasteiger partial charge in [0, 0.05) is 17.1 Å². The highest BCUT2D eigenvalue weighted by Crippen LogP contribution is 2.57. The second kappa shape index (κ2) is 5.65. The van der Waals surface area contributed by atoms with E-state index in [2.05, 4.69) is 12.2 Å². The first-order valence-corrected chi connectivity index (χ1v) is 8.16. The minimum atomic E-state index is -0.142. The number of hydrogen-bond donors (Lipinski definition) is 1. The minimum absolute atomic E-state index is 0.142. The second-order valence-electron chi connectivity index (χ2n) is 6.60. The normalized spacial score (nSPS) is 31.9. The highest BCUT2D eigenvalue weighted by atomic mass is 35.5. The third kappa shape index (κ3) is 2.48. The lowest BCUT2D eigenvalue weighted by Crippen LogP contribution is -2.40. The predicted octanol–water partition coefficient (Wildman–Crippen LogP) is 4.44. The van der Waals surface area contributed by atoms with Gasteiger partial charge in [-0.2, -0.15) is 0 Å². The summed E-state index contributed by atoms with van der Waals surface area (Å²) in [4.78, 5) is 0. The van der Waals surface area contributed by atoms with E-state index >= 15 is 0 Å². The van der Waals surface area contributed by atoms with Crippen molar-refractivity contribution < 1.29 is 4.39 Å². The molecule has 3 rings (SSSR count). The zero-order chi connectivity index (χ0) is 14.2. The molecule has 2 aliphatic carbocycles. The summed E-state index contributed by atoms with van der Waals surface area (Å²) in [6.45, 7) is 4.11. The van der Waals surface area contributed by atoms with E-state index < -0.39 is 0 Å². The van der Waals surface area contributed by atoms with Crippen molar-refractivity contribution in [3.63, 3.8) is 0 Å². The van der Waals surface area contributed by atoms with Crippen molar-refractivity contribution >= 4 is 11.6 Å². The van der Waals surface area contributed by atoms with Crippen molar-refractivity contribution in [1.82, 2.24) is 5.32 Å². The molecule has 20 heavy (non-hydrogen) atoms. The Morgan fingerprint density at radius 3 is 2.85 bits per heavy atom. The van der Waals surface area contributed by atoms with Crippen LogP contribution in [-0.4, -0.2) is 13.1 Å². The summed E-state index contributed by atoms with van der Waals surface area (Å²) in [5, 5.41) is 4.10. The third-order valence-corrected chi connectivity index (χ3v) is 5.77. The topological polar surface area (TPSA) is 12.0 Å². The standard InChI is InChI=1S/C17H23ClFN/c1-2-20-11-17(9-12-6-7-13(17)8-12)10-14-15(18)4-3-5-16(14)19/h3-5,12-13,20H,2,6-11H2,1H3.